The third-order valence-corrected chi connectivity index (χ3v) is 2.49. The number of anilines is 1. The van der Waals surface area contributed by atoms with Crippen LogP contribution in [0.2, 0.25) is 0 Å². The number of benzene rings is 1. The average molecular weight is 246 g/mol. The Morgan fingerprint density at radius 2 is 2.22 bits per heavy atom. The molecule has 1 aromatic carbocycles. The summed E-state index contributed by atoms with van der Waals surface area (Å²) < 4.78 is 6.69. The predicted octanol–water partition coefficient (Wildman–Crippen LogP) is 1.23. The fourth-order valence-electron chi connectivity index (χ4n) is 1.54. The predicted molar refractivity (Wildman–Crippen MR) is 66.4 cm³/mol. The van der Waals surface area contributed by atoms with E-state index in [9.17, 15) is 4.79 Å². The van der Waals surface area contributed by atoms with E-state index in [1.807, 2.05) is 19.1 Å². The molecule has 2 aromatic rings. The van der Waals surface area contributed by atoms with Crippen LogP contribution in [0, 0.1) is 6.92 Å². The summed E-state index contributed by atoms with van der Waals surface area (Å²) in [7, 11) is 1.56. The number of methoxy groups -OCH3 is 1. The lowest BCUT2D eigenvalue weighted by atomic mass is 10.3. The smallest absolute Gasteiger partial charge is 0.246 e. The molecule has 0 aliphatic rings. The van der Waals surface area contributed by atoms with Gasteiger partial charge in [0.2, 0.25) is 5.91 Å². The fourth-order valence-corrected chi connectivity index (χ4v) is 1.54. The van der Waals surface area contributed by atoms with Gasteiger partial charge < -0.3 is 10.1 Å². The molecule has 0 saturated heterocycles. The zero-order valence-electron chi connectivity index (χ0n) is 10.3. The number of nitrogens with one attached hydrogen (secondary N) is 1. The fraction of sp³-hybridized carbons (Fsp3) is 0.250. The van der Waals surface area contributed by atoms with Crippen LogP contribution >= 0.6 is 0 Å². The Morgan fingerprint density at radius 1 is 1.44 bits per heavy atom. The maximum Gasteiger partial charge on any atom is 0.246 e. The number of hydrogen-bond acceptors (Lipinski definition) is 4. The van der Waals surface area contributed by atoms with Crippen molar-refractivity contribution >= 4 is 11.6 Å². The van der Waals surface area contributed by atoms with Crippen molar-refractivity contribution in [3.63, 3.8) is 0 Å². The highest BCUT2D eigenvalue weighted by atomic mass is 16.5. The molecular weight excluding hydrogens is 232 g/mol. The maximum absolute atomic E-state index is 11.8. The van der Waals surface area contributed by atoms with Crippen molar-refractivity contribution in [1.29, 1.82) is 0 Å². The van der Waals surface area contributed by atoms with E-state index < -0.39 is 0 Å². The lowest BCUT2D eigenvalue weighted by molar-refractivity contribution is -0.117. The Kier molecular flexibility index (Phi) is 3.57. The molecule has 0 fully saturated rings. The molecule has 0 bridgehead atoms. The van der Waals surface area contributed by atoms with Gasteiger partial charge in [-0.2, -0.15) is 0 Å². The van der Waals surface area contributed by atoms with Crippen molar-refractivity contribution in [3.05, 3.63) is 36.2 Å². The Bertz CT molecular complexity index is 551. The zero-order valence-corrected chi connectivity index (χ0v) is 10.3. The van der Waals surface area contributed by atoms with E-state index in [1.165, 1.54) is 4.68 Å². The number of hydrogen-bond donors (Lipinski definition) is 1. The summed E-state index contributed by atoms with van der Waals surface area (Å²) in [5, 5.41) is 10.3. The molecule has 1 heterocycles. The van der Waals surface area contributed by atoms with Gasteiger partial charge in [-0.25, -0.2) is 4.68 Å². The van der Waals surface area contributed by atoms with Gasteiger partial charge in [0.25, 0.3) is 0 Å². The Morgan fingerprint density at radius 3 is 2.89 bits per heavy atom. The minimum absolute atomic E-state index is 0.129. The van der Waals surface area contributed by atoms with E-state index in [0.717, 1.165) is 5.69 Å². The summed E-state index contributed by atoms with van der Waals surface area (Å²) in [6, 6.07) is 7.25. The van der Waals surface area contributed by atoms with Crippen molar-refractivity contribution < 1.29 is 9.53 Å². The minimum atomic E-state index is -0.173. The summed E-state index contributed by atoms with van der Waals surface area (Å²) in [5.74, 6) is 0.453. The Balaban J connectivity index is 2.05. The molecule has 1 amide bonds. The highest BCUT2D eigenvalue weighted by molar-refractivity contribution is 5.92. The molecule has 6 nitrogen and oxygen atoms in total. The van der Waals surface area contributed by atoms with Gasteiger partial charge in [0.15, 0.2) is 0 Å². The molecule has 6 heteroatoms. The zero-order chi connectivity index (χ0) is 13.0. The van der Waals surface area contributed by atoms with Crippen LogP contribution in [0.3, 0.4) is 0 Å². The van der Waals surface area contributed by atoms with Gasteiger partial charge in [0.05, 0.1) is 24.7 Å². The summed E-state index contributed by atoms with van der Waals surface area (Å²) in [4.78, 5) is 11.8. The van der Waals surface area contributed by atoms with Crippen LogP contribution in [0.4, 0.5) is 5.69 Å². The number of amides is 1. The van der Waals surface area contributed by atoms with Crippen molar-refractivity contribution in [2.75, 3.05) is 12.4 Å². The number of para-hydroxylation sites is 2. The van der Waals surface area contributed by atoms with Crippen LogP contribution in [-0.4, -0.2) is 28.0 Å². The van der Waals surface area contributed by atoms with Gasteiger partial charge in [-0.1, -0.05) is 17.3 Å². The van der Waals surface area contributed by atoms with E-state index in [-0.39, 0.29) is 12.5 Å². The molecule has 0 aliphatic heterocycles. The second kappa shape index (κ2) is 5.31. The van der Waals surface area contributed by atoms with E-state index >= 15 is 0 Å². The van der Waals surface area contributed by atoms with E-state index in [4.69, 9.17) is 4.74 Å². The van der Waals surface area contributed by atoms with E-state index in [1.54, 1.807) is 25.4 Å². The molecule has 1 aromatic heterocycles. The summed E-state index contributed by atoms with van der Waals surface area (Å²) in [5.41, 5.74) is 1.48. The summed E-state index contributed by atoms with van der Waals surface area (Å²) >= 11 is 0. The Hall–Kier alpha value is -2.37. The lowest BCUT2D eigenvalue weighted by Crippen LogP contribution is -2.20. The van der Waals surface area contributed by atoms with Crippen molar-refractivity contribution in [3.8, 4) is 5.75 Å². The molecule has 0 atom stereocenters. The number of carbonyl (C=O) groups is 1. The van der Waals surface area contributed by atoms with Gasteiger partial charge in [0.1, 0.15) is 12.3 Å². The van der Waals surface area contributed by atoms with Crippen molar-refractivity contribution in [2.45, 2.75) is 13.5 Å². The van der Waals surface area contributed by atoms with Gasteiger partial charge >= 0.3 is 0 Å². The van der Waals surface area contributed by atoms with Crippen LogP contribution in [0.15, 0.2) is 30.5 Å². The topological polar surface area (TPSA) is 69.0 Å². The number of aryl methyl sites for hydroxylation is 1. The number of carbonyl (C=O) groups excluding carboxylic acids is 1. The lowest BCUT2D eigenvalue weighted by Gasteiger charge is -2.09. The molecule has 0 aliphatic carbocycles. The molecule has 0 spiro atoms. The standard InChI is InChI=1S/C12H14N4O2/c1-9-7-13-15-16(9)8-12(17)14-10-5-3-4-6-11(10)18-2/h3-7H,8H2,1-2H3,(H,14,17). The third-order valence-electron chi connectivity index (χ3n) is 2.49. The summed E-state index contributed by atoms with van der Waals surface area (Å²) in [6.07, 6.45) is 1.61. The first-order chi connectivity index (χ1) is 8.70. The van der Waals surface area contributed by atoms with Gasteiger partial charge in [-0.15, -0.1) is 5.10 Å². The minimum Gasteiger partial charge on any atom is -0.495 e. The largest absolute Gasteiger partial charge is 0.495 e. The first kappa shape index (κ1) is 12.1. The highest BCUT2D eigenvalue weighted by Gasteiger charge is 2.09. The van der Waals surface area contributed by atoms with E-state index in [2.05, 4.69) is 15.6 Å². The van der Waals surface area contributed by atoms with Gasteiger partial charge in [-0.3, -0.25) is 4.79 Å². The van der Waals surface area contributed by atoms with Crippen LogP contribution in [0.1, 0.15) is 5.69 Å². The van der Waals surface area contributed by atoms with Crippen molar-refractivity contribution in [1.82, 2.24) is 15.0 Å². The molecule has 0 radical (unpaired) electrons. The molecule has 18 heavy (non-hydrogen) atoms. The normalized spacial score (nSPS) is 10.1. The Labute approximate surface area is 105 Å². The molecule has 2 rings (SSSR count). The van der Waals surface area contributed by atoms with Crippen LogP contribution in [0.25, 0.3) is 0 Å². The first-order valence-electron chi connectivity index (χ1n) is 5.48. The monoisotopic (exact) mass is 246 g/mol. The first-order valence-corrected chi connectivity index (χ1v) is 5.48. The van der Waals surface area contributed by atoms with Crippen LogP contribution in [0.5, 0.6) is 5.75 Å². The van der Waals surface area contributed by atoms with E-state index in [0.29, 0.717) is 11.4 Å². The molecule has 94 valence electrons. The second-order valence-corrected chi connectivity index (χ2v) is 3.78. The molecule has 0 unspecified atom stereocenters. The van der Waals surface area contributed by atoms with Crippen molar-refractivity contribution in [2.24, 2.45) is 0 Å². The quantitative estimate of drug-likeness (QED) is 0.881. The summed E-state index contributed by atoms with van der Waals surface area (Å²) in [6.45, 7) is 1.97. The number of rotatable bonds is 4. The van der Waals surface area contributed by atoms with Crippen LogP contribution < -0.4 is 10.1 Å². The second-order valence-electron chi connectivity index (χ2n) is 3.78. The van der Waals surface area contributed by atoms with Crippen LogP contribution in [-0.2, 0) is 11.3 Å². The molecule has 1 N–H and O–H groups in total. The highest BCUT2D eigenvalue weighted by Crippen LogP contribution is 2.22. The van der Waals surface area contributed by atoms with Gasteiger partial charge in [0, 0.05) is 0 Å². The molecule has 0 saturated carbocycles. The average Bonchev–Trinajstić information content (AvgIpc) is 2.75. The number of aromatic nitrogens is 3. The van der Waals surface area contributed by atoms with Gasteiger partial charge in [-0.05, 0) is 19.1 Å². The SMILES string of the molecule is COc1ccccc1NC(=O)Cn1nncc1C. The number of ether oxygens (including phenoxy) is 1. The third kappa shape index (κ3) is 2.65. The number of nitrogens with zero attached hydrogens (tertiary/aromatic N) is 3. The maximum atomic E-state index is 11.8. The molecular formula is C12H14N4O2.